The van der Waals surface area contributed by atoms with Gasteiger partial charge in [0.25, 0.3) is 0 Å². The van der Waals surface area contributed by atoms with E-state index in [1.807, 2.05) is 31.0 Å². The third kappa shape index (κ3) is 5.75. The lowest BCUT2D eigenvalue weighted by molar-refractivity contribution is -0.173. The van der Waals surface area contributed by atoms with Crippen LogP contribution in [0.4, 0.5) is 13.2 Å². The van der Waals surface area contributed by atoms with E-state index >= 15 is 0 Å². The number of carbonyl (C=O) groups is 1. The topological polar surface area (TPSA) is 38.3 Å². The zero-order chi connectivity index (χ0) is 15.4. The first-order chi connectivity index (χ1) is 9.09. The van der Waals surface area contributed by atoms with Crippen LogP contribution in [-0.4, -0.2) is 26.9 Å². The lowest BCUT2D eigenvalue weighted by Gasteiger charge is -2.27. The van der Waals surface area contributed by atoms with Crippen molar-refractivity contribution in [3.05, 3.63) is 35.9 Å². The van der Waals surface area contributed by atoms with Gasteiger partial charge in [0.15, 0.2) is 8.32 Å². The molecule has 0 aliphatic carbocycles. The fraction of sp³-hybridized carbons (Fsp3) is 0.462. The molecule has 3 nitrogen and oxygen atoms in total. The molecule has 0 heterocycles. The van der Waals surface area contributed by atoms with Crippen LogP contribution >= 0.6 is 0 Å². The highest BCUT2D eigenvalue weighted by atomic mass is 28.4. The summed E-state index contributed by atoms with van der Waals surface area (Å²) in [5.41, 5.74) is 0.748. The Morgan fingerprint density at radius 1 is 1.25 bits per heavy atom. The maximum Gasteiger partial charge on any atom is 0.471 e. The number of halogens is 3. The Bertz CT molecular complexity index is 443. The summed E-state index contributed by atoms with van der Waals surface area (Å²) < 4.78 is 42.4. The molecule has 0 aliphatic rings. The van der Waals surface area contributed by atoms with Gasteiger partial charge in [-0.2, -0.15) is 13.2 Å². The van der Waals surface area contributed by atoms with Crippen molar-refractivity contribution in [3.63, 3.8) is 0 Å². The molecule has 1 atom stereocenters. The van der Waals surface area contributed by atoms with E-state index in [1.54, 1.807) is 24.3 Å². The van der Waals surface area contributed by atoms with Crippen molar-refractivity contribution in [1.82, 2.24) is 5.32 Å². The molecular formula is C13H18F3NO2Si. The molecule has 0 fully saturated rings. The number of rotatable bonds is 5. The molecular weight excluding hydrogens is 287 g/mol. The van der Waals surface area contributed by atoms with Crippen LogP contribution in [0.2, 0.25) is 19.6 Å². The summed E-state index contributed by atoms with van der Waals surface area (Å²) in [6.45, 7) is 5.62. The first kappa shape index (κ1) is 16.7. The molecule has 20 heavy (non-hydrogen) atoms. The Morgan fingerprint density at radius 2 is 1.80 bits per heavy atom. The molecule has 1 amide bonds. The minimum atomic E-state index is -4.87. The van der Waals surface area contributed by atoms with Gasteiger partial charge in [-0.25, -0.2) is 0 Å². The molecule has 1 rings (SSSR count). The third-order valence-corrected chi connectivity index (χ3v) is 3.36. The quantitative estimate of drug-likeness (QED) is 0.848. The number of hydrogen-bond donors (Lipinski definition) is 1. The highest BCUT2D eigenvalue weighted by Crippen LogP contribution is 2.22. The van der Waals surface area contributed by atoms with E-state index in [0.717, 1.165) is 5.56 Å². The van der Waals surface area contributed by atoms with Crippen LogP contribution in [-0.2, 0) is 9.22 Å². The van der Waals surface area contributed by atoms with Crippen molar-refractivity contribution in [2.45, 2.75) is 31.9 Å². The summed E-state index contributed by atoms with van der Waals surface area (Å²) in [4.78, 5) is 10.9. The number of benzene rings is 1. The van der Waals surface area contributed by atoms with Gasteiger partial charge in [-0.3, -0.25) is 4.79 Å². The Balaban J connectivity index is 2.77. The van der Waals surface area contributed by atoms with Crippen molar-refractivity contribution in [1.29, 1.82) is 0 Å². The molecule has 0 bridgehead atoms. The van der Waals surface area contributed by atoms with Gasteiger partial charge in [0.1, 0.15) is 0 Å². The molecule has 112 valence electrons. The number of hydrogen-bond acceptors (Lipinski definition) is 2. The van der Waals surface area contributed by atoms with Crippen LogP contribution in [0.25, 0.3) is 0 Å². The second-order valence-electron chi connectivity index (χ2n) is 5.34. The van der Waals surface area contributed by atoms with Crippen LogP contribution in [0, 0.1) is 0 Å². The molecule has 0 aliphatic heterocycles. The maximum absolute atomic E-state index is 12.2. The Labute approximate surface area is 117 Å². The molecule has 0 saturated carbocycles. The fourth-order valence-electron chi connectivity index (χ4n) is 1.61. The molecule has 0 unspecified atom stereocenters. The third-order valence-electron chi connectivity index (χ3n) is 2.37. The molecule has 1 N–H and O–H groups in total. The van der Waals surface area contributed by atoms with E-state index in [1.165, 1.54) is 0 Å². The number of alkyl halides is 3. The first-order valence-electron chi connectivity index (χ1n) is 6.17. The van der Waals surface area contributed by atoms with Crippen LogP contribution in [0.1, 0.15) is 11.7 Å². The molecule has 0 saturated heterocycles. The van der Waals surface area contributed by atoms with Crippen molar-refractivity contribution in [2.75, 3.05) is 6.54 Å². The second-order valence-corrected chi connectivity index (χ2v) is 9.80. The lowest BCUT2D eigenvalue weighted by Crippen LogP contribution is -2.41. The van der Waals surface area contributed by atoms with Gasteiger partial charge in [-0.15, -0.1) is 0 Å². The predicted octanol–water partition coefficient (Wildman–Crippen LogP) is 3.26. The van der Waals surface area contributed by atoms with Gasteiger partial charge in [0, 0.05) is 6.54 Å². The first-order valence-corrected chi connectivity index (χ1v) is 9.58. The molecule has 0 spiro atoms. The Morgan fingerprint density at radius 3 is 2.25 bits per heavy atom. The summed E-state index contributed by atoms with van der Waals surface area (Å²) in [6, 6.07) is 8.90. The molecule has 7 heteroatoms. The average Bonchev–Trinajstić information content (AvgIpc) is 2.32. The van der Waals surface area contributed by atoms with Crippen LogP contribution in [0.15, 0.2) is 30.3 Å². The smallest absolute Gasteiger partial charge is 0.409 e. The molecule has 0 aromatic heterocycles. The van der Waals surface area contributed by atoms with Crippen molar-refractivity contribution in [3.8, 4) is 0 Å². The largest absolute Gasteiger partial charge is 0.471 e. The summed E-state index contributed by atoms with van der Waals surface area (Å²) >= 11 is 0. The lowest BCUT2D eigenvalue weighted by atomic mass is 10.1. The van der Waals surface area contributed by atoms with Crippen LogP contribution < -0.4 is 5.32 Å². The fourth-order valence-corrected chi connectivity index (χ4v) is 2.68. The van der Waals surface area contributed by atoms with Crippen molar-refractivity contribution in [2.24, 2.45) is 0 Å². The number of nitrogens with one attached hydrogen (secondary N) is 1. The van der Waals surface area contributed by atoms with Crippen molar-refractivity contribution >= 4 is 14.2 Å². The van der Waals surface area contributed by atoms with Gasteiger partial charge < -0.3 is 9.74 Å². The molecule has 1 aromatic rings. The maximum atomic E-state index is 12.2. The highest BCUT2D eigenvalue weighted by Gasteiger charge is 2.39. The van der Waals surface area contributed by atoms with Crippen molar-refractivity contribution < 1.29 is 22.4 Å². The van der Waals surface area contributed by atoms with Gasteiger partial charge in [0.05, 0.1) is 6.10 Å². The Hall–Kier alpha value is -1.34. The number of amides is 1. The van der Waals surface area contributed by atoms with Gasteiger partial charge in [0.2, 0.25) is 0 Å². The normalized spacial score (nSPS) is 13.9. The molecule has 1 aromatic carbocycles. The van der Waals surface area contributed by atoms with Gasteiger partial charge in [-0.1, -0.05) is 30.3 Å². The number of carbonyl (C=O) groups excluding carboxylic acids is 1. The zero-order valence-corrected chi connectivity index (χ0v) is 12.6. The van der Waals surface area contributed by atoms with E-state index in [-0.39, 0.29) is 6.54 Å². The minimum Gasteiger partial charge on any atom is -0.409 e. The van der Waals surface area contributed by atoms with Gasteiger partial charge >= 0.3 is 12.1 Å². The summed E-state index contributed by atoms with van der Waals surface area (Å²) in [7, 11) is -1.95. The summed E-state index contributed by atoms with van der Waals surface area (Å²) in [6.07, 6.45) is -5.45. The predicted molar refractivity (Wildman–Crippen MR) is 72.7 cm³/mol. The monoisotopic (exact) mass is 305 g/mol. The van der Waals surface area contributed by atoms with E-state index in [9.17, 15) is 18.0 Å². The van der Waals surface area contributed by atoms with Crippen LogP contribution in [0.5, 0.6) is 0 Å². The average molecular weight is 305 g/mol. The van der Waals surface area contributed by atoms with Crippen LogP contribution in [0.3, 0.4) is 0 Å². The highest BCUT2D eigenvalue weighted by molar-refractivity contribution is 6.69. The van der Waals surface area contributed by atoms with Gasteiger partial charge in [-0.05, 0) is 25.2 Å². The minimum absolute atomic E-state index is 0.202. The van der Waals surface area contributed by atoms with E-state index in [2.05, 4.69) is 0 Å². The summed E-state index contributed by atoms with van der Waals surface area (Å²) in [5.74, 6) is -1.95. The Kier molecular flexibility index (Phi) is 5.35. The SMILES string of the molecule is C[Si](C)(C)O[C@@H](CNC(=O)C(F)(F)F)c1ccccc1. The second kappa shape index (κ2) is 6.40. The van der Waals surface area contributed by atoms with E-state index < -0.39 is 26.5 Å². The zero-order valence-electron chi connectivity index (χ0n) is 11.6. The van der Waals surface area contributed by atoms with E-state index in [0.29, 0.717) is 0 Å². The molecule has 0 radical (unpaired) electrons. The summed E-state index contributed by atoms with van der Waals surface area (Å²) in [5, 5.41) is 1.88. The standard InChI is InChI=1S/C13H18F3NO2Si/c1-20(2,3)19-11(10-7-5-4-6-8-10)9-17-12(18)13(14,15)16/h4-8,11H,9H2,1-3H3,(H,17,18)/t11-/m0/s1. The van der Waals surface area contributed by atoms with E-state index in [4.69, 9.17) is 4.43 Å².